The normalized spacial score (nSPS) is 20.2. The molecule has 1 heterocycles. The van der Waals surface area contributed by atoms with Crippen LogP contribution in [0.4, 0.5) is 0 Å². The molecule has 4 heteroatoms. The van der Waals surface area contributed by atoms with E-state index in [-0.39, 0.29) is 12.0 Å². The van der Waals surface area contributed by atoms with Crippen LogP contribution in [-0.4, -0.2) is 49.2 Å². The third-order valence-corrected chi connectivity index (χ3v) is 3.08. The van der Waals surface area contributed by atoms with Gasteiger partial charge in [0.05, 0.1) is 13.0 Å². The fourth-order valence-electron chi connectivity index (χ4n) is 2.42. The lowest BCUT2D eigenvalue weighted by atomic mass is 10.2. The molecule has 1 N–H and O–H groups in total. The van der Waals surface area contributed by atoms with E-state index in [0.29, 0.717) is 19.1 Å². The maximum Gasteiger partial charge on any atom is 0.307 e. The van der Waals surface area contributed by atoms with Crippen LogP contribution in [0.15, 0.2) is 0 Å². The molecule has 0 aromatic rings. The highest BCUT2D eigenvalue weighted by molar-refractivity contribution is 5.70. The van der Waals surface area contributed by atoms with Crippen LogP contribution in [0.5, 0.6) is 0 Å². The van der Waals surface area contributed by atoms with Gasteiger partial charge in [-0.15, -0.1) is 0 Å². The van der Waals surface area contributed by atoms with E-state index in [4.69, 9.17) is 4.74 Å². The first kappa shape index (κ1) is 14.5. The largest absolute Gasteiger partial charge is 0.466 e. The molecule has 0 aromatic carbocycles. The number of ether oxygens (including phenoxy) is 1. The highest BCUT2D eigenvalue weighted by Gasteiger charge is 2.17. The average Bonchev–Trinajstić information content (AvgIpc) is 2.69. The Hall–Kier alpha value is -0.610. The first-order valence-corrected chi connectivity index (χ1v) is 6.75. The predicted molar refractivity (Wildman–Crippen MR) is 69.0 cm³/mol. The molecule has 1 aliphatic rings. The van der Waals surface area contributed by atoms with Crippen LogP contribution in [-0.2, 0) is 9.53 Å². The van der Waals surface area contributed by atoms with Gasteiger partial charge in [0.25, 0.3) is 0 Å². The molecule has 1 fully saturated rings. The zero-order chi connectivity index (χ0) is 12.7. The third-order valence-electron chi connectivity index (χ3n) is 3.08. The Morgan fingerprint density at radius 1 is 1.29 bits per heavy atom. The van der Waals surface area contributed by atoms with E-state index >= 15 is 0 Å². The highest BCUT2D eigenvalue weighted by Crippen LogP contribution is 2.08. The van der Waals surface area contributed by atoms with Crippen LogP contribution >= 0.6 is 0 Å². The Kier molecular flexibility index (Phi) is 6.52. The van der Waals surface area contributed by atoms with E-state index < -0.39 is 0 Å². The Morgan fingerprint density at radius 3 is 2.53 bits per heavy atom. The number of nitrogens with zero attached hydrogens (tertiary/aromatic N) is 1. The molecule has 17 heavy (non-hydrogen) atoms. The number of nitrogens with one attached hydrogen (secondary N) is 1. The van der Waals surface area contributed by atoms with Crippen LogP contribution < -0.4 is 5.32 Å². The molecule has 0 spiro atoms. The lowest BCUT2D eigenvalue weighted by Gasteiger charge is -2.24. The first-order chi connectivity index (χ1) is 8.11. The molecule has 0 saturated carbocycles. The van der Waals surface area contributed by atoms with E-state index in [1.165, 1.54) is 25.9 Å². The second kappa shape index (κ2) is 7.67. The number of carbonyl (C=O) groups is 1. The monoisotopic (exact) mass is 242 g/mol. The molecular formula is C13H26N2O2. The molecule has 2 atom stereocenters. The van der Waals surface area contributed by atoms with Crippen molar-refractivity contribution in [2.75, 3.05) is 26.2 Å². The predicted octanol–water partition coefficient (Wildman–Crippen LogP) is 1.40. The van der Waals surface area contributed by atoms with E-state index in [0.717, 1.165) is 6.54 Å². The van der Waals surface area contributed by atoms with Crippen molar-refractivity contribution in [3.63, 3.8) is 0 Å². The van der Waals surface area contributed by atoms with Crippen molar-refractivity contribution >= 4 is 5.97 Å². The molecule has 1 rings (SSSR count). The van der Waals surface area contributed by atoms with Gasteiger partial charge in [0.15, 0.2) is 0 Å². The summed E-state index contributed by atoms with van der Waals surface area (Å²) in [5.74, 6) is -0.110. The maximum absolute atomic E-state index is 11.3. The smallest absolute Gasteiger partial charge is 0.307 e. The second-order valence-electron chi connectivity index (χ2n) is 4.99. The van der Waals surface area contributed by atoms with Gasteiger partial charge in [-0.1, -0.05) is 0 Å². The van der Waals surface area contributed by atoms with E-state index in [1.54, 1.807) is 0 Å². The molecule has 1 saturated heterocycles. The highest BCUT2D eigenvalue weighted by atomic mass is 16.5. The number of hydrogen-bond acceptors (Lipinski definition) is 4. The summed E-state index contributed by atoms with van der Waals surface area (Å²) in [7, 11) is 0. The van der Waals surface area contributed by atoms with Gasteiger partial charge in [0, 0.05) is 18.6 Å². The molecule has 4 nitrogen and oxygen atoms in total. The van der Waals surface area contributed by atoms with E-state index in [2.05, 4.69) is 17.1 Å². The summed E-state index contributed by atoms with van der Waals surface area (Å²) in [5, 5.41) is 3.45. The van der Waals surface area contributed by atoms with Gasteiger partial charge in [-0.2, -0.15) is 0 Å². The lowest BCUT2D eigenvalue weighted by molar-refractivity contribution is -0.143. The van der Waals surface area contributed by atoms with Gasteiger partial charge in [-0.05, 0) is 46.7 Å². The summed E-state index contributed by atoms with van der Waals surface area (Å²) in [6.07, 6.45) is 3.11. The lowest BCUT2D eigenvalue weighted by Crippen LogP contribution is -2.43. The van der Waals surface area contributed by atoms with Gasteiger partial charge < -0.3 is 15.0 Å². The van der Waals surface area contributed by atoms with Crippen LogP contribution in [0.25, 0.3) is 0 Å². The standard InChI is InChI=1S/C13H26N2O2/c1-4-17-13(16)9-11(2)14-12(3)10-15-7-5-6-8-15/h11-12,14H,4-10H2,1-3H3. The fraction of sp³-hybridized carbons (Fsp3) is 0.923. The number of likely N-dealkylation sites (tertiary alicyclic amines) is 1. The second-order valence-corrected chi connectivity index (χ2v) is 4.99. The summed E-state index contributed by atoms with van der Waals surface area (Å²) in [4.78, 5) is 13.8. The topological polar surface area (TPSA) is 41.6 Å². The van der Waals surface area contributed by atoms with Crippen molar-refractivity contribution in [2.24, 2.45) is 0 Å². The zero-order valence-corrected chi connectivity index (χ0v) is 11.4. The molecule has 0 aromatic heterocycles. The van der Waals surface area contributed by atoms with Gasteiger partial charge in [0.2, 0.25) is 0 Å². The molecule has 0 radical (unpaired) electrons. The summed E-state index contributed by atoms with van der Waals surface area (Å²) < 4.78 is 4.94. The Morgan fingerprint density at radius 2 is 1.94 bits per heavy atom. The molecule has 1 aliphatic heterocycles. The summed E-state index contributed by atoms with van der Waals surface area (Å²) in [6.45, 7) is 10.0. The Bertz CT molecular complexity index is 227. The van der Waals surface area contributed by atoms with Crippen LogP contribution in [0.3, 0.4) is 0 Å². The van der Waals surface area contributed by atoms with Gasteiger partial charge >= 0.3 is 5.97 Å². The number of carbonyl (C=O) groups excluding carboxylic acids is 1. The molecule has 0 amide bonds. The summed E-state index contributed by atoms with van der Waals surface area (Å²) >= 11 is 0. The minimum atomic E-state index is -0.110. The third kappa shape index (κ3) is 6.03. The molecule has 2 unspecified atom stereocenters. The van der Waals surface area contributed by atoms with Gasteiger partial charge in [0.1, 0.15) is 0 Å². The number of esters is 1. The quantitative estimate of drug-likeness (QED) is 0.685. The molecular weight excluding hydrogens is 216 g/mol. The maximum atomic E-state index is 11.3. The molecule has 0 bridgehead atoms. The summed E-state index contributed by atoms with van der Waals surface area (Å²) in [6, 6.07) is 0.615. The summed E-state index contributed by atoms with van der Waals surface area (Å²) in [5.41, 5.74) is 0. The minimum absolute atomic E-state index is 0.110. The van der Waals surface area contributed by atoms with Crippen molar-refractivity contribution in [3.05, 3.63) is 0 Å². The number of rotatable bonds is 7. The minimum Gasteiger partial charge on any atom is -0.466 e. The Labute approximate surface area is 105 Å². The van der Waals surface area contributed by atoms with Gasteiger partial charge in [-0.25, -0.2) is 0 Å². The first-order valence-electron chi connectivity index (χ1n) is 6.75. The Balaban J connectivity index is 2.15. The molecule has 0 aliphatic carbocycles. The van der Waals surface area contributed by atoms with Crippen molar-refractivity contribution in [2.45, 2.75) is 52.1 Å². The van der Waals surface area contributed by atoms with Crippen molar-refractivity contribution in [3.8, 4) is 0 Å². The molecule has 100 valence electrons. The zero-order valence-electron chi connectivity index (χ0n) is 11.4. The van der Waals surface area contributed by atoms with E-state index in [1.807, 2.05) is 13.8 Å². The fourth-order valence-corrected chi connectivity index (χ4v) is 2.42. The van der Waals surface area contributed by atoms with Crippen molar-refractivity contribution < 1.29 is 9.53 Å². The van der Waals surface area contributed by atoms with E-state index in [9.17, 15) is 4.79 Å². The SMILES string of the molecule is CCOC(=O)CC(C)NC(C)CN1CCCC1. The van der Waals surface area contributed by atoms with Crippen LogP contribution in [0, 0.1) is 0 Å². The average molecular weight is 242 g/mol. The van der Waals surface area contributed by atoms with Crippen LogP contribution in [0.1, 0.15) is 40.0 Å². The van der Waals surface area contributed by atoms with Crippen LogP contribution in [0.2, 0.25) is 0 Å². The number of hydrogen-bond donors (Lipinski definition) is 1. The van der Waals surface area contributed by atoms with Crippen molar-refractivity contribution in [1.29, 1.82) is 0 Å². The van der Waals surface area contributed by atoms with Crippen molar-refractivity contribution in [1.82, 2.24) is 10.2 Å². The van der Waals surface area contributed by atoms with Gasteiger partial charge in [-0.3, -0.25) is 4.79 Å².